The van der Waals surface area contributed by atoms with Gasteiger partial charge in [-0.2, -0.15) is 5.10 Å². The van der Waals surface area contributed by atoms with Crippen LogP contribution >= 0.6 is 24.0 Å². The predicted molar refractivity (Wildman–Crippen MR) is 120 cm³/mol. The number of hydrogen-bond donors (Lipinski definition) is 2. The van der Waals surface area contributed by atoms with Gasteiger partial charge in [-0.1, -0.05) is 31.2 Å². The summed E-state index contributed by atoms with van der Waals surface area (Å²) in [6.07, 6.45) is 8.39. The number of aliphatic imine (C=N–C) groups is 1. The van der Waals surface area contributed by atoms with Crippen molar-refractivity contribution in [3.63, 3.8) is 0 Å². The van der Waals surface area contributed by atoms with Crippen molar-refractivity contribution in [2.45, 2.75) is 58.7 Å². The van der Waals surface area contributed by atoms with Gasteiger partial charge in [0.2, 0.25) is 0 Å². The van der Waals surface area contributed by atoms with Crippen molar-refractivity contribution in [2.24, 2.45) is 10.9 Å². The Morgan fingerprint density at radius 3 is 2.70 bits per heavy atom. The van der Waals surface area contributed by atoms with Crippen molar-refractivity contribution in [2.75, 3.05) is 6.54 Å². The molecule has 148 valence electrons. The van der Waals surface area contributed by atoms with Gasteiger partial charge in [-0.05, 0) is 49.7 Å². The summed E-state index contributed by atoms with van der Waals surface area (Å²) in [5, 5.41) is 11.2. The Morgan fingerprint density at radius 1 is 1.22 bits per heavy atom. The summed E-state index contributed by atoms with van der Waals surface area (Å²) < 4.78 is 1.83. The van der Waals surface area contributed by atoms with Gasteiger partial charge in [0.05, 0.1) is 13.1 Å². The summed E-state index contributed by atoms with van der Waals surface area (Å²) in [6.45, 7) is 6.74. The van der Waals surface area contributed by atoms with Crippen LogP contribution in [-0.4, -0.2) is 33.3 Å². The Kier molecular flexibility index (Phi) is 9.03. The molecule has 0 bridgehead atoms. The maximum absolute atomic E-state index is 4.79. The molecule has 3 rings (SSSR count). The van der Waals surface area contributed by atoms with Crippen molar-refractivity contribution in [3.8, 4) is 0 Å². The van der Waals surface area contributed by atoms with Gasteiger partial charge in [0.1, 0.15) is 12.7 Å². The predicted octanol–water partition coefficient (Wildman–Crippen LogP) is 3.58. The maximum atomic E-state index is 4.79. The minimum atomic E-state index is 0. The monoisotopic (exact) mass is 482 g/mol. The van der Waals surface area contributed by atoms with E-state index in [1.165, 1.54) is 36.8 Å². The molecule has 1 aromatic carbocycles. The van der Waals surface area contributed by atoms with Gasteiger partial charge in [-0.3, -0.25) is 0 Å². The van der Waals surface area contributed by atoms with E-state index in [2.05, 4.69) is 58.8 Å². The van der Waals surface area contributed by atoms with E-state index in [0.717, 1.165) is 25.0 Å². The molecule has 0 unspecified atom stereocenters. The van der Waals surface area contributed by atoms with Gasteiger partial charge in [0.15, 0.2) is 5.96 Å². The van der Waals surface area contributed by atoms with E-state index in [4.69, 9.17) is 4.99 Å². The van der Waals surface area contributed by atoms with Gasteiger partial charge >= 0.3 is 0 Å². The summed E-state index contributed by atoms with van der Waals surface area (Å²) in [4.78, 5) is 8.79. The van der Waals surface area contributed by atoms with Crippen molar-refractivity contribution in [1.82, 2.24) is 25.4 Å². The molecule has 27 heavy (non-hydrogen) atoms. The summed E-state index contributed by atoms with van der Waals surface area (Å²) >= 11 is 0. The molecule has 2 aromatic rings. The molecule has 1 aliphatic rings. The Balaban J connectivity index is 0.00000261. The van der Waals surface area contributed by atoms with Crippen LogP contribution in [-0.2, 0) is 13.1 Å². The highest BCUT2D eigenvalue weighted by atomic mass is 127. The van der Waals surface area contributed by atoms with Gasteiger partial charge < -0.3 is 10.6 Å². The average Bonchev–Trinajstić information content (AvgIpc) is 3.15. The second-order valence-corrected chi connectivity index (χ2v) is 7.21. The van der Waals surface area contributed by atoms with Gasteiger partial charge in [0.25, 0.3) is 0 Å². The van der Waals surface area contributed by atoms with Gasteiger partial charge in [-0.15, -0.1) is 24.0 Å². The summed E-state index contributed by atoms with van der Waals surface area (Å²) in [7, 11) is 0. The molecular formula is C20H31IN6. The lowest BCUT2D eigenvalue weighted by Crippen LogP contribution is -2.44. The number of rotatable bonds is 6. The van der Waals surface area contributed by atoms with E-state index in [0.29, 0.717) is 12.6 Å². The van der Waals surface area contributed by atoms with Crippen molar-refractivity contribution >= 4 is 29.9 Å². The minimum absolute atomic E-state index is 0. The Labute approximate surface area is 179 Å². The first-order valence-electron chi connectivity index (χ1n) is 9.68. The molecule has 1 aromatic heterocycles. The molecule has 2 N–H and O–H groups in total. The second kappa shape index (κ2) is 11.3. The molecule has 1 fully saturated rings. The molecule has 0 aliphatic heterocycles. The smallest absolute Gasteiger partial charge is 0.191 e. The van der Waals surface area contributed by atoms with Crippen LogP contribution in [0.15, 0.2) is 41.9 Å². The Bertz CT molecular complexity index is 692. The van der Waals surface area contributed by atoms with E-state index in [1.54, 1.807) is 12.7 Å². The molecule has 1 heterocycles. The first kappa shape index (κ1) is 21.7. The van der Waals surface area contributed by atoms with E-state index >= 15 is 0 Å². The van der Waals surface area contributed by atoms with Crippen molar-refractivity contribution in [3.05, 3.63) is 48.0 Å². The van der Waals surface area contributed by atoms with Crippen LogP contribution in [0.25, 0.3) is 0 Å². The molecule has 1 saturated carbocycles. The largest absolute Gasteiger partial charge is 0.357 e. The van der Waals surface area contributed by atoms with Crippen LogP contribution in [0.2, 0.25) is 0 Å². The molecule has 0 amide bonds. The standard InChI is InChI=1S/C20H30N6.HI/c1-3-22-20(25-19-9-7-16(2)8-10-19)23-12-17-5-4-6-18(11-17)13-26-15-21-14-24-26;/h4-6,11,14-16,19H,3,7-10,12-13H2,1-2H3,(H2,22,23,25);1H. The number of benzene rings is 1. The molecule has 7 heteroatoms. The van der Waals surface area contributed by atoms with Crippen molar-refractivity contribution in [1.29, 1.82) is 0 Å². The molecule has 6 nitrogen and oxygen atoms in total. The van der Waals surface area contributed by atoms with E-state index in [-0.39, 0.29) is 24.0 Å². The van der Waals surface area contributed by atoms with E-state index in [1.807, 2.05) is 4.68 Å². The lowest BCUT2D eigenvalue weighted by atomic mass is 9.87. The molecule has 0 radical (unpaired) electrons. The number of nitrogens with one attached hydrogen (secondary N) is 2. The second-order valence-electron chi connectivity index (χ2n) is 7.21. The highest BCUT2D eigenvalue weighted by Crippen LogP contribution is 2.23. The first-order valence-corrected chi connectivity index (χ1v) is 9.68. The van der Waals surface area contributed by atoms with E-state index < -0.39 is 0 Å². The fraction of sp³-hybridized carbons (Fsp3) is 0.550. The fourth-order valence-corrected chi connectivity index (χ4v) is 3.42. The highest BCUT2D eigenvalue weighted by Gasteiger charge is 2.18. The minimum Gasteiger partial charge on any atom is -0.357 e. The van der Waals surface area contributed by atoms with Crippen LogP contribution in [0.3, 0.4) is 0 Å². The number of guanidine groups is 1. The molecule has 0 saturated heterocycles. The molecular weight excluding hydrogens is 451 g/mol. The van der Waals surface area contributed by atoms with Crippen LogP contribution in [0, 0.1) is 5.92 Å². The Morgan fingerprint density at radius 2 is 2.00 bits per heavy atom. The zero-order valence-corrected chi connectivity index (χ0v) is 18.6. The number of nitrogens with zero attached hydrogens (tertiary/aromatic N) is 4. The molecule has 1 aliphatic carbocycles. The lowest BCUT2D eigenvalue weighted by molar-refractivity contribution is 0.329. The van der Waals surface area contributed by atoms with Crippen molar-refractivity contribution < 1.29 is 0 Å². The fourth-order valence-electron chi connectivity index (χ4n) is 3.42. The third-order valence-corrected chi connectivity index (χ3v) is 4.92. The summed E-state index contributed by atoms with van der Waals surface area (Å²) in [5.41, 5.74) is 2.42. The third kappa shape index (κ3) is 7.12. The van der Waals surface area contributed by atoms with Crippen LogP contribution in [0.4, 0.5) is 0 Å². The zero-order chi connectivity index (χ0) is 18.2. The number of hydrogen-bond acceptors (Lipinski definition) is 3. The average molecular weight is 482 g/mol. The quantitative estimate of drug-likeness (QED) is 0.375. The first-order chi connectivity index (χ1) is 12.7. The normalized spacial score (nSPS) is 20.0. The highest BCUT2D eigenvalue weighted by molar-refractivity contribution is 14.0. The number of halogens is 1. The van der Waals surface area contributed by atoms with E-state index in [9.17, 15) is 0 Å². The SMILES string of the molecule is CCNC(=NCc1cccc(Cn2cncn2)c1)NC1CCC(C)CC1.I. The maximum Gasteiger partial charge on any atom is 0.191 e. The Hall–Kier alpha value is -1.64. The summed E-state index contributed by atoms with van der Waals surface area (Å²) in [5.74, 6) is 1.79. The van der Waals surface area contributed by atoms with Crippen LogP contribution in [0.5, 0.6) is 0 Å². The van der Waals surface area contributed by atoms with Crippen LogP contribution < -0.4 is 10.6 Å². The van der Waals surface area contributed by atoms with Gasteiger partial charge in [-0.25, -0.2) is 14.7 Å². The molecule has 0 spiro atoms. The van der Waals surface area contributed by atoms with Crippen LogP contribution in [0.1, 0.15) is 50.7 Å². The zero-order valence-electron chi connectivity index (χ0n) is 16.3. The lowest BCUT2D eigenvalue weighted by Gasteiger charge is -2.28. The summed E-state index contributed by atoms with van der Waals surface area (Å²) in [6, 6.07) is 9.06. The topological polar surface area (TPSA) is 67.1 Å². The van der Waals surface area contributed by atoms with Gasteiger partial charge in [0, 0.05) is 12.6 Å². The number of aromatic nitrogens is 3. The third-order valence-electron chi connectivity index (χ3n) is 4.92. The molecule has 0 atom stereocenters.